The van der Waals surface area contributed by atoms with E-state index >= 15 is 0 Å². The number of anilines is 1. The molecule has 0 spiro atoms. The van der Waals surface area contributed by atoms with Gasteiger partial charge in [0.1, 0.15) is 0 Å². The molecule has 0 aliphatic carbocycles. The summed E-state index contributed by atoms with van der Waals surface area (Å²) in [4.78, 5) is 9.07. The van der Waals surface area contributed by atoms with Crippen molar-refractivity contribution in [1.29, 1.82) is 0 Å². The van der Waals surface area contributed by atoms with Crippen LogP contribution in [0, 0.1) is 0 Å². The lowest BCUT2D eigenvalue weighted by atomic mass is 10.5. The quantitative estimate of drug-likeness (QED) is 0.824. The molecule has 0 amide bonds. The van der Waals surface area contributed by atoms with Crippen LogP contribution < -0.4 is 5.73 Å². The van der Waals surface area contributed by atoms with E-state index in [1.165, 1.54) is 11.3 Å². The van der Waals surface area contributed by atoms with Crippen molar-refractivity contribution in [3.05, 3.63) is 30.7 Å². The number of hydrogen-bond donors (Lipinski definition) is 1. The Labute approximate surface area is 84.0 Å². The highest BCUT2D eigenvalue weighted by Gasteiger charge is 2.00. The average molecular weight is 209 g/mol. The summed E-state index contributed by atoms with van der Waals surface area (Å²) < 4.78 is 1.10. The van der Waals surface area contributed by atoms with Crippen LogP contribution in [-0.4, -0.2) is 9.97 Å². The van der Waals surface area contributed by atoms with E-state index in [4.69, 9.17) is 5.73 Å². The molecule has 0 aliphatic heterocycles. The van der Waals surface area contributed by atoms with Gasteiger partial charge < -0.3 is 5.73 Å². The number of rotatable bonds is 2. The third-order valence-electron chi connectivity index (χ3n) is 1.37. The van der Waals surface area contributed by atoms with Crippen molar-refractivity contribution in [2.75, 3.05) is 5.73 Å². The van der Waals surface area contributed by atoms with Gasteiger partial charge in [-0.2, -0.15) is 0 Å². The topological polar surface area (TPSA) is 51.8 Å². The summed E-state index contributed by atoms with van der Waals surface area (Å²) in [6, 6.07) is 3.92. The number of aromatic nitrogens is 2. The lowest BCUT2D eigenvalue weighted by Gasteiger charge is -1.94. The zero-order valence-electron chi connectivity index (χ0n) is 6.68. The summed E-state index contributed by atoms with van der Waals surface area (Å²) in [6.45, 7) is 0. The molecule has 2 rings (SSSR count). The number of thiazole rings is 1. The van der Waals surface area contributed by atoms with Crippen molar-refractivity contribution >= 4 is 28.2 Å². The maximum atomic E-state index is 5.51. The minimum atomic E-state index is 0.608. The lowest BCUT2D eigenvalue weighted by Crippen LogP contribution is -1.77. The van der Waals surface area contributed by atoms with E-state index in [0.29, 0.717) is 5.13 Å². The first kappa shape index (κ1) is 8.52. The Morgan fingerprint density at radius 1 is 1.31 bits per heavy atom. The first-order valence-electron chi connectivity index (χ1n) is 3.64. The molecular weight excluding hydrogens is 202 g/mol. The van der Waals surface area contributed by atoms with Gasteiger partial charge >= 0.3 is 0 Å². The molecule has 0 fully saturated rings. The molecular formula is C8H7N3S2. The molecule has 0 bridgehead atoms. The van der Waals surface area contributed by atoms with Gasteiger partial charge in [0, 0.05) is 17.3 Å². The number of pyridine rings is 1. The van der Waals surface area contributed by atoms with Crippen molar-refractivity contribution in [1.82, 2.24) is 9.97 Å². The molecule has 3 nitrogen and oxygen atoms in total. The van der Waals surface area contributed by atoms with E-state index in [0.717, 1.165) is 9.10 Å². The first-order chi connectivity index (χ1) is 6.34. The second-order valence-corrected chi connectivity index (χ2v) is 4.74. The Balaban J connectivity index is 2.15. The molecule has 0 aromatic carbocycles. The normalized spacial score (nSPS) is 10.2. The number of nitrogens with two attached hydrogens (primary N) is 1. The van der Waals surface area contributed by atoms with E-state index < -0.39 is 0 Å². The molecule has 0 saturated heterocycles. The highest BCUT2D eigenvalue weighted by atomic mass is 32.2. The van der Waals surface area contributed by atoms with Crippen molar-refractivity contribution in [2.24, 2.45) is 0 Å². The van der Waals surface area contributed by atoms with Crippen LogP contribution in [0.5, 0.6) is 0 Å². The molecule has 2 aromatic rings. The fourth-order valence-corrected chi connectivity index (χ4v) is 2.57. The Morgan fingerprint density at radius 3 is 2.69 bits per heavy atom. The van der Waals surface area contributed by atoms with E-state index in [1.54, 1.807) is 30.4 Å². The standard InChI is InChI=1S/C8H7N3S2/c9-8-11-5-7(13-8)12-6-1-3-10-4-2-6/h1-5H,(H2,9,11). The van der Waals surface area contributed by atoms with Crippen LogP contribution in [0.1, 0.15) is 0 Å². The molecule has 0 radical (unpaired) electrons. The predicted octanol–water partition coefficient (Wildman–Crippen LogP) is 2.27. The highest BCUT2D eigenvalue weighted by Crippen LogP contribution is 2.32. The summed E-state index contributed by atoms with van der Waals surface area (Å²) >= 11 is 3.14. The molecule has 2 heterocycles. The fraction of sp³-hybridized carbons (Fsp3) is 0. The van der Waals surface area contributed by atoms with Gasteiger partial charge in [-0.05, 0) is 12.1 Å². The number of hydrogen-bond acceptors (Lipinski definition) is 5. The van der Waals surface area contributed by atoms with Crippen LogP contribution in [-0.2, 0) is 0 Å². The lowest BCUT2D eigenvalue weighted by molar-refractivity contribution is 1.26. The van der Waals surface area contributed by atoms with Gasteiger partial charge in [-0.15, -0.1) is 0 Å². The molecule has 0 unspecified atom stereocenters. The molecule has 2 aromatic heterocycles. The third-order valence-corrected chi connectivity index (χ3v) is 3.31. The molecule has 5 heteroatoms. The molecule has 13 heavy (non-hydrogen) atoms. The molecule has 66 valence electrons. The van der Waals surface area contributed by atoms with Crippen LogP contribution in [0.3, 0.4) is 0 Å². The number of nitrogen functional groups attached to an aromatic ring is 1. The summed E-state index contributed by atoms with van der Waals surface area (Å²) in [5.41, 5.74) is 5.51. The minimum Gasteiger partial charge on any atom is -0.375 e. The first-order valence-corrected chi connectivity index (χ1v) is 5.27. The zero-order chi connectivity index (χ0) is 9.10. The van der Waals surface area contributed by atoms with Gasteiger partial charge in [0.15, 0.2) is 5.13 Å². The Bertz CT molecular complexity index is 385. The van der Waals surface area contributed by atoms with Gasteiger partial charge in [0.25, 0.3) is 0 Å². The third kappa shape index (κ3) is 2.19. The highest BCUT2D eigenvalue weighted by molar-refractivity contribution is 8.01. The Kier molecular flexibility index (Phi) is 2.47. The van der Waals surface area contributed by atoms with E-state index in [9.17, 15) is 0 Å². The van der Waals surface area contributed by atoms with Crippen molar-refractivity contribution < 1.29 is 0 Å². The SMILES string of the molecule is Nc1ncc(Sc2ccncc2)s1. The molecule has 0 saturated carbocycles. The second-order valence-electron chi connectivity index (χ2n) is 2.30. The van der Waals surface area contributed by atoms with Crippen LogP contribution in [0.15, 0.2) is 39.8 Å². The average Bonchev–Trinajstić information content (AvgIpc) is 2.53. The maximum Gasteiger partial charge on any atom is 0.181 e. The van der Waals surface area contributed by atoms with Crippen molar-refractivity contribution in [2.45, 2.75) is 9.10 Å². The molecule has 0 aliphatic rings. The Hall–Kier alpha value is -1.07. The largest absolute Gasteiger partial charge is 0.375 e. The van der Waals surface area contributed by atoms with Gasteiger partial charge in [0.2, 0.25) is 0 Å². The predicted molar refractivity (Wildman–Crippen MR) is 54.9 cm³/mol. The van der Waals surface area contributed by atoms with Crippen LogP contribution in [0.25, 0.3) is 0 Å². The van der Waals surface area contributed by atoms with Gasteiger partial charge in [0.05, 0.1) is 10.4 Å². The fourth-order valence-electron chi connectivity index (χ4n) is 0.842. The van der Waals surface area contributed by atoms with Gasteiger partial charge in [-0.1, -0.05) is 23.1 Å². The zero-order valence-corrected chi connectivity index (χ0v) is 8.31. The number of nitrogens with zero attached hydrogens (tertiary/aromatic N) is 2. The Morgan fingerprint density at radius 2 is 2.08 bits per heavy atom. The summed E-state index contributed by atoms with van der Waals surface area (Å²) in [7, 11) is 0. The minimum absolute atomic E-state index is 0.608. The van der Waals surface area contributed by atoms with Crippen LogP contribution >= 0.6 is 23.1 Å². The molecule has 0 atom stereocenters. The van der Waals surface area contributed by atoms with Crippen LogP contribution in [0.2, 0.25) is 0 Å². The van der Waals surface area contributed by atoms with E-state index in [-0.39, 0.29) is 0 Å². The monoisotopic (exact) mass is 209 g/mol. The summed E-state index contributed by atoms with van der Waals surface area (Å²) in [6.07, 6.45) is 5.32. The van der Waals surface area contributed by atoms with Crippen LogP contribution in [0.4, 0.5) is 5.13 Å². The smallest absolute Gasteiger partial charge is 0.181 e. The van der Waals surface area contributed by atoms with E-state index in [2.05, 4.69) is 9.97 Å². The molecule has 2 N–H and O–H groups in total. The summed E-state index contributed by atoms with van der Waals surface area (Å²) in [5.74, 6) is 0. The van der Waals surface area contributed by atoms with E-state index in [1.807, 2.05) is 12.1 Å². The second kappa shape index (κ2) is 3.76. The summed E-state index contributed by atoms with van der Waals surface area (Å²) in [5, 5.41) is 0.608. The van der Waals surface area contributed by atoms with Gasteiger partial charge in [-0.3, -0.25) is 4.98 Å². The maximum absolute atomic E-state index is 5.51. The van der Waals surface area contributed by atoms with Crippen molar-refractivity contribution in [3.63, 3.8) is 0 Å². The van der Waals surface area contributed by atoms with Crippen molar-refractivity contribution in [3.8, 4) is 0 Å². The van der Waals surface area contributed by atoms with Gasteiger partial charge in [-0.25, -0.2) is 4.98 Å².